The number of amides is 1. The quantitative estimate of drug-likeness (QED) is 0.155. The molecule has 41 heavy (non-hydrogen) atoms. The highest BCUT2D eigenvalue weighted by molar-refractivity contribution is 7.17. The van der Waals surface area contributed by atoms with Crippen molar-refractivity contribution < 1.29 is 43.2 Å². The maximum Gasteiger partial charge on any atom is 0.350 e. The number of nitrogens with zero attached hydrogens (tertiary/aromatic N) is 2. The number of rotatable bonds is 10. The molecule has 1 saturated heterocycles. The van der Waals surface area contributed by atoms with E-state index in [0.717, 1.165) is 22.7 Å². The van der Waals surface area contributed by atoms with Gasteiger partial charge in [0.25, 0.3) is 5.78 Å². The molecular weight excluding hydrogens is 552 g/mol. The first-order chi connectivity index (χ1) is 19.7. The van der Waals surface area contributed by atoms with Crippen molar-refractivity contribution in [3.8, 4) is 23.0 Å². The minimum atomic E-state index is -1.17. The van der Waals surface area contributed by atoms with Gasteiger partial charge in [0.2, 0.25) is 5.75 Å². The molecule has 3 aromatic rings. The van der Waals surface area contributed by atoms with Gasteiger partial charge in [-0.05, 0) is 43.2 Å². The lowest BCUT2D eigenvalue weighted by atomic mass is 9.94. The van der Waals surface area contributed by atoms with Crippen LogP contribution in [-0.2, 0) is 14.3 Å². The fourth-order valence-electron chi connectivity index (χ4n) is 4.48. The second-order valence-corrected chi connectivity index (χ2v) is 9.88. The van der Waals surface area contributed by atoms with Crippen LogP contribution < -0.4 is 23.8 Å². The van der Waals surface area contributed by atoms with Crippen LogP contribution in [0.15, 0.2) is 42.0 Å². The third kappa shape index (κ3) is 5.42. The van der Waals surface area contributed by atoms with Crippen LogP contribution in [0.25, 0.3) is 5.76 Å². The maximum atomic E-state index is 13.6. The second-order valence-electron chi connectivity index (χ2n) is 8.91. The zero-order valence-electron chi connectivity index (χ0n) is 23.5. The van der Waals surface area contributed by atoms with Crippen LogP contribution in [-0.4, -0.2) is 62.8 Å². The average molecular weight is 583 g/mol. The number of anilines is 1. The number of benzene rings is 2. The molecule has 1 aliphatic heterocycles. The predicted octanol–water partition coefficient (Wildman–Crippen LogP) is 4.68. The highest BCUT2D eigenvalue weighted by Crippen LogP contribution is 2.48. The van der Waals surface area contributed by atoms with Gasteiger partial charge in [-0.1, -0.05) is 30.4 Å². The van der Waals surface area contributed by atoms with Gasteiger partial charge in [0.15, 0.2) is 16.6 Å². The first-order valence-corrected chi connectivity index (χ1v) is 13.4. The molecule has 0 spiro atoms. The Morgan fingerprint density at radius 2 is 1.73 bits per heavy atom. The number of carbonyl (C=O) groups excluding carboxylic acids is 3. The van der Waals surface area contributed by atoms with Crippen molar-refractivity contribution in [2.45, 2.75) is 26.3 Å². The molecule has 0 aliphatic carbocycles. The van der Waals surface area contributed by atoms with Crippen LogP contribution in [0.3, 0.4) is 0 Å². The number of aromatic nitrogens is 1. The van der Waals surface area contributed by atoms with Gasteiger partial charge in [0.1, 0.15) is 16.4 Å². The summed E-state index contributed by atoms with van der Waals surface area (Å²) < 4.78 is 27.0. The van der Waals surface area contributed by atoms with Crippen LogP contribution in [0.1, 0.15) is 45.9 Å². The van der Waals surface area contributed by atoms with E-state index < -0.39 is 29.5 Å². The van der Waals surface area contributed by atoms with Gasteiger partial charge in [-0.25, -0.2) is 9.78 Å². The van der Waals surface area contributed by atoms with Crippen molar-refractivity contribution in [3.05, 3.63) is 63.7 Å². The standard InChI is InChI=1S/C29H30N2O9S/c1-7-11-40-18-10-8-9-16(12-18)23(32)21-22(17-13-19(36-3)25(38-5)20(14-17)37-4)31(27(34)24(21)33)29-30-15(2)26(41-29)28(35)39-6/h8-10,12-14,22,32H,7,11H2,1-6H3/b23-21+. The number of ether oxygens (including phenoxy) is 5. The van der Waals surface area contributed by atoms with E-state index in [2.05, 4.69) is 4.98 Å². The summed E-state index contributed by atoms with van der Waals surface area (Å²) in [6, 6.07) is 8.61. The van der Waals surface area contributed by atoms with E-state index in [4.69, 9.17) is 23.7 Å². The molecule has 11 nitrogen and oxygen atoms in total. The largest absolute Gasteiger partial charge is 0.507 e. The van der Waals surface area contributed by atoms with E-state index in [9.17, 15) is 19.5 Å². The van der Waals surface area contributed by atoms with Crippen molar-refractivity contribution >= 4 is 39.9 Å². The Balaban J connectivity index is 1.99. The summed E-state index contributed by atoms with van der Waals surface area (Å²) >= 11 is 0.898. The lowest BCUT2D eigenvalue weighted by molar-refractivity contribution is -0.132. The van der Waals surface area contributed by atoms with Crippen molar-refractivity contribution in [1.82, 2.24) is 4.98 Å². The van der Waals surface area contributed by atoms with E-state index in [0.29, 0.717) is 29.4 Å². The Morgan fingerprint density at radius 1 is 1.05 bits per heavy atom. The molecule has 2 aromatic carbocycles. The van der Waals surface area contributed by atoms with Gasteiger partial charge >= 0.3 is 11.9 Å². The minimum absolute atomic E-state index is 0.0721. The predicted molar refractivity (Wildman–Crippen MR) is 151 cm³/mol. The molecular formula is C29H30N2O9S. The van der Waals surface area contributed by atoms with Crippen molar-refractivity contribution in [1.29, 1.82) is 0 Å². The number of carbonyl (C=O) groups is 3. The number of esters is 1. The molecule has 1 aliphatic rings. The second kappa shape index (κ2) is 12.3. The summed E-state index contributed by atoms with van der Waals surface area (Å²) in [6.07, 6.45) is 0.781. The highest BCUT2D eigenvalue weighted by Gasteiger charge is 2.49. The number of Topliss-reactive ketones (excluding diaryl/α,β-unsaturated/α-hetero) is 1. The number of thiazole rings is 1. The lowest BCUT2D eigenvalue weighted by Gasteiger charge is -2.24. The van der Waals surface area contributed by atoms with Crippen LogP contribution in [0.4, 0.5) is 5.13 Å². The number of aryl methyl sites for hydroxylation is 1. The van der Waals surface area contributed by atoms with Crippen molar-refractivity contribution in [2.75, 3.05) is 39.9 Å². The molecule has 0 saturated carbocycles. The molecule has 1 N–H and O–H groups in total. The van der Waals surface area contributed by atoms with Crippen molar-refractivity contribution in [3.63, 3.8) is 0 Å². The van der Waals surface area contributed by atoms with E-state index in [-0.39, 0.29) is 32.6 Å². The molecule has 2 heterocycles. The van der Waals surface area contributed by atoms with Gasteiger partial charge in [-0.2, -0.15) is 0 Å². The minimum Gasteiger partial charge on any atom is -0.507 e. The van der Waals surface area contributed by atoms with Crippen molar-refractivity contribution in [2.24, 2.45) is 0 Å². The SMILES string of the molecule is CCCOc1cccc(/C(O)=C2\C(=O)C(=O)N(c3nc(C)c(C(=O)OC)s3)C2c2cc(OC)c(OC)c(OC)c2)c1. The molecule has 12 heteroatoms. The number of hydrogen-bond acceptors (Lipinski definition) is 11. The zero-order valence-corrected chi connectivity index (χ0v) is 24.3. The first-order valence-electron chi connectivity index (χ1n) is 12.6. The Bertz CT molecular complexity index is 1500. The summed E-state index contributed by atoms with van der Waals surface area (Å²) in [5.74, 6) is -1.57. The molecule has 216 valence electrons. The summed E-state index contributed by atoms with van der Waals surface area (Å²) in [7, 11) is 5.56. The van der Waals surface area contributed by atoms with Gasteiger partial charge in [0.05, 0.1) is 52.4 Å². The van der Waals surface area contributed by atoms with Crippen LogP contribution >= 0.6 is 11.3 Å². The molecule has 4 rings (SSSR count). The topological polar surface area (TPSA) is 134 Å². The summed E-state index contributed by atoms with van der Waals surface area (Å²) in [5.41, 5.74) is 0.776. The number of ketones is 1. The summed E-state index contributed by atoms with van der Waals surface area (Å²) in [6.45, 7) is 4.03. The monoisotopic (exact) mass is 582 g/mol. The van der Waals surface area contributed by atoms with Crippen LogP contribution in [0.5, 0.6) is 23.0 Å². The van der Waals surface area contributed by atoms with E-state index >= 15 is 0 Å². The maximum absolute atomic E-state index is 13.6. The number of methoxy groups -OCH3 is 4. The Kier molecular flexibility index (Phi) is 8.82. The number of aliphatic hydroxyl groups excluding tert-OH is 1. The van der Waals surface area contributed by atoms with E-state index in [1.807, 2.05) is 6.92 Å². The molecule has 1 amide bonds. The molecule has 1 unspecified atom stereocenters. The Morgan fingerprint density at radius 3 is 2.32 bits per heavy atom. The molecule has 1 fully saturated rings. The Labute approximate surface area is 240 Å². The highest BCUT2D eigenvalue weighted by atomic mass is 32.1. The normalized spacial score (nSPS) is 16.0. The van der Waals surface area contributed by atoms with Gasteiger partial charge in [-0.15, -0.1) is 0 Å². The fraction of sp³-hybridized carbons (Fsp3) is 0.310. The molecule has 0 bridgehead atoms. The molecule has 1 aromatic heterocycles. The third-order valence-corrected chi connectivity index (χ3v) is 7.53. The summed E-state index contributed by atoms with van der Waals surface area (Å²) in [5, 5.41) is 11.6. The molecule has 0 radical (unpaired) electrons. The van der Waals surface area contributed by atoms with Crippen LogP contribution in [0, 0.1) is 6.92 Å². The smallest absolute Gasteiger partial charge is 0.350 e. The van der Waals surface area contributed by atoms with E-state index in [1.165, 1.54) is 28.4 Å². The fourth-order valence-corrected chi connectivity index (χ4v) is 5.49. The molecule has 1 atom stereocenters. The first kappa shape index (κ1) is 29.4. The number of aliphatic hydroxyl groups is 1. The van der Waals surface area contributed by atoms with Gasteiger partial charge in [-0.3, -0.25) is 14.5 Å². The van der Waals surface area contributed by atoms with Gasteiger partial charge < -0.3 is 28.8 Å². The van der Waals surface area contributed by atoms with Gasteiger partial charge in [0, 0.05) is 5.56 Å². The van der Waals surface area contributed by atoms with Crippen LogP contribution in [0.2, 0.25) is 0 Å². The van der Waals surface area contributed by atoms with E-state index in [1.54, 1.807) is 43.3 Å². The zero-order chi connectivity index (χ0) is 29.8. The third-order valence-electron chi connectivity index (χ3n) is 6.39. The summed E-state index contributed by atoms with van der Waals surface area (Å²) in [4.78, 5) is 45.3. The average Bonchev–Trinajstić information content (AvgIpc) is 3.50. The lowest BCUT2D eigenvalue weighted by Crippen LogP contribution is -2.29. The number of hydrogen-bond donors (Lipinski definition) is 1. The Hall–Kier alpha value is -4.58.